The normalized spacial score (nSPS) is 11.2. The summed E-state index contributed by atoms with van der Waals surface area (Å²) < 4.78 is 1.93. The number of aryl methyl sites for hydroxylation is 2. The van der Waals surface area contributed by atoms with Crippen molar-refractivity contribution in [3.8, 4) is 11.3 Å². The van der Waals surface area contributed by atoms with Crippen LogP contribution in [0.3, 0.4) is 0 Å². The summed E-state index contributed by atoms with van der Waals surface area (Å²) in [7, 11) is 1.87. The van der Waals surface area contributed by atoms with Crippen molar-refractivity contribution in [2.24, 2.45) is 5.92 Å². The van der Waals surface area contributed by atoms with Crippen LogP contribution in [-0.2, 0) is 13.1 Å². The monoisotopic (exact) mass is 298 g/mol. The SMILES string of the molecule is CNCc1ccc(-c2ccc(C)cc2C)n(CC(C)C)c1=O. The maximum atomic E-state index is 12.8. The van der Waals surface area contributed by atoms with E-state index in [0.717, 1.165) is 23.4 Å². The van der Waals surface area contributed by atoms with Crippen LogP contribution in [-0.4, -0.2) is 11.6 Å². The van der Waals surface area contributed by atoms with Gasteiger partial charge in [0.05, 0.1) is 5.69 Å². The number of hydrogen-bond acceptors (Lipinski definition) is 2. The van der Waals surface area contributed by atoms with Gasteiger partial charge in [0.15, 0.2) is 0 Å². The van der Waals surface area contributed by atoms with Crippen molar-refractivity contribution in [2.75, 3.05) is 7.05 Å². The first-order valence-electron chi connectivity index (χ1n) is 7.89. The lowest BCUT2D eigenvalue weighted by Crippen LogP contribution is -2.29. The van der Waals surface area contributed by atoms with Gasteiger partial charge < -0.3 is 9.88 Å². The molecule has 0 unspecified atom stereocenters. The lowest BCUT2D eigenvalue weighted by Gasteiger charge is -2.18. The molecule has 0 radical (unpaired) electrons. The molecule has 1 aromatic carbocycles. The van der Waals surface area contributed by atoms with Gasteiger partial charge in [0, 0.05) is 24.2 Å². The molecule has 0 aliphatic heterocycles. The molecule has 0 spiro atoms. The molecular weight excluding hydrogens is 272 g/mol. The molecule has 1 N–H and O–H groups in total. The highest BCUT2D eigenvalue weighted by molar-refractivity contribution is 5.64. The van der Waals surface area contributed by atoms with Crippen LogP contribution in [0.15, 0.2) is 35.1 Å². The smallest absolute Gasteiger partial charge is 0.255 e. The highest BCUT2D eigenvalue weighted by Crippen LogP contribution is 2.24. The Morgan fingerprint density at radius 1 is 1.14 bits per heavy atom. The number of aromatic nitrogens is 1. The van der Waals surface area contributed by atoms with Crippen LogP contribution < -0.4 is 10.9 Å². The summed E-state index contributed by atoms with van der Waals surface area (Å²) in [4.78, 5) is 12.8. The number of hydrogen-bond donors (Lipinski definition) is 1. The molecular formula is C19H26N2O. The summed E-state index contributed by atoms with van der Waals surface area (Å²) in [6.07, 6.45) is 0. The van der Waals surface area contributed by atoms with E-state index in [1.807, 2.05) is 17.7 Å². The van der Waals surface area contributed by atoms with E-state index in [9.17, 15) is 4.79 Å². The van der Waals surface area contributed by atoms with Gasteiger partial charge >= 0.3 is 0 Å². The number of benzene rings is 1. The maximum absolute atomic E-state index is 12.8. The Kier molecular flexibility index (Phi) is 5.19. The van der Waals surface area contributed by atoms with E-state index in [4.69, 9.17) is 0 Å². The van der Waals surface area contributed by atoms with Crippen LogP contribution in [0.1, 0.15) is 30.5 Å². The number of nitrogens with zero attached hydrogens (tertiary/aromatic N) is 1. The molecule has 1 aromatic heterocycles. The molecule has 0 aliphatic carbocycles. The van der Waals surface area contributed by atoms with E-state index in [0.29, 0.717) is 12.5 Å². The quantitative estimate of drug-likeness (QED) is 0.916. The van der Waals surface area contributed by atoms with Crippen molar-refractivity contribution < 1.29 is 0 Å². The molecule has 0 saturated heterocycles. The molecule has 2 rings (SSSR count). The predicted molar refractivity (Wildman–Crippen MR) is 93.2 cm³/mol. The van der Waals surface area contributed by atoms with Crippen LogP contribution in [0.4, 0.5) is 0 Å². The Labute approximate surface area is 133 Å². The van der Waals surface area contributed by atoms with Crippen LogP contribution in [0.5, 0.6) is 0 Å². The average Bonchev–Trinajstić information content (AvgIpc) is 2.44. The summed E-state index contributed by atoms with van der Waals surface area (Å²) in [5.74, 6) is 0.423. The summed E-state index contributed by atoms with van der Waals surface area (Å²) in [6, 6.07) is 10.4. The Morgan fingerprint density at radius 3 is 2.45 bits per heavy atom. The zero-order valence-corrected chi connectivity index (χ0v) is 14.2. The van der Waals surface area contributed by atoms with Crippen LogP contribution in [0.2, 0.25) is 0 Å². The molecule has 0 aliphatic rings. The molecule has 0 bridgehead atoms. The summed E-state index contributed by atoms with van der Waals surface area (Å²) in [6.45, 7) is 9.82. The van der Waals surface area contributed by atoms with Crippen molar-refractivity contribution >= 4 is 0 Å². The Balaban J connectivity index is 2.64. The van der Waals surface area contributed by atoms with Crippen LogP contribution in [0, 0.1) is 19.8 Å². The van der Waals surface area contributed by atoms with Gasteiger partial charge in [-0.2, -0.15) is 0 Å². The third-order valence-corrected chi connectivity index (χ3v) is 3.83. The fourth-order valence-electron chi connectivity index (χ4n) is 2.83. The highest BCUT2D eigenvalue weighted by Gasteiger charge is 2.13. The van der Waals surface area contributed by atoms with Gasteiger partial charge in [-0.1, -0.05) is 43.7 Å². The lowest BCUT2D eigenvalue weighted by atomic mass is 10.0. The Morgan fingerprint density at radius 2 is 1.86 bits per heavy atom. The molecule has 0 saturated carbocycles. The van der Waals surface area contributed by atoms with Crippen molar-refractivity contribution in [2.45, 2.75) is 40.8 Å². The number of pyridine rings is 1. The predicted octanol–water partition coefficient (Wildman–Crippen LogP) is 3.51. The molecule has 1 heterocycles. The van der Waals surface area contributed by atoms with Gasteiger partial charge in [-0.3, -0.25) is 4.79 Å². The zero-order valence-electron chi connectivity index (χ0n) is 14.2. The molecule has 0 atom stereocenters. The summed E-state index contributed by atoms with van der Waals surface area (Å²) in [5, 5.41) is 3.07. The second kappa shape index (κ2) is 6.93. The Hall–Kier alpha value is -1.87. The first-order chi connectivity index (χ1) is 10.4. The van der Waals surface area contributed by atoms with Crippen LogP contribution in [0.25, 0.3) is 11.3 Å². The third kappa shape index (κ3) is 3.47. The number of rotatable bonds is 5. The van der Waals surface area contributed by atoms with E-state index in [2.05, 4.69) is 57.3 Å². The second-order valence-electron chi connectivity index (χ2n) is 6.40. The van der Waals surface area contributed by atoms with E-state index in [-0.39, 0.29) is 5.56 Å². The zero-order chi connectivity index (χ0) is 16.3. The van der Waals surface area contributed by atoms with E-state index >= 15 is 0 Å². The van der Waals surface area contributed by atoms with Gasteiger partial charge in [-0.25, -0.2) is 0 Å². The maximum Gasteiger partial charge on any atom is 0.255 e. The van der Waals surface area contributed by atoms with Crippen molar-refractivity contribution in [3.05, 3.63) is 57.4 Å². The minimum Gasteiger partial charge on any atom is -0.315 e. The minimum absolute atomic E-state index is 0.112. The minimum atomic E-state index is 0.112. The van der Waals surface area contributed by atoms with Gasteiger partial charge in [0.2, 0.25) is 0 Å². The largest absolute Gasteiger partial charge is 0.315 e. The van der Waals surface area contributed by atoms with E-state index in [1.165, 1.54) is 11.1 Å². The topological polar surface area (TPSA) is 34.0 Å². The highest BCUT2D eigenvalue weighted by atomic mass is 16.1. The molecule has 0 amide bonds. The molecule has 118 valence electrons. The van der Waals surface area contributed by atoms with E-state index in [1.54, 1.807) is 0 Å². The van der Waals surface area contributed by atoms with Gasteiger partial charge in [-0.05, 0) is 38.4 Å². The summed E-state index contributed by atoms with van der Waals surface area (Å²) in [5.41, 5.74) is 5.52. The van der Waals surface area contributed by atoms with Crippen LogP contribution >= 0.6 is 0 Å². The molecule has 3 heteroatoms. The van der Waals surface area contributed by atoms with Gasteiger partial charge in [0.25, 0.3) is 5.56 Å². The fourth-order valence-corrected chi connectivity index (χ4v) is 2.83. The lowest BCUT2D eigenvalue weighted by molar-refractivity contribution is 0.511. The van der Waals surface area contributed by atoms with Crippen molar-refractivity contribution in [1.29, 1.82) is 0 Å². The average molecular weight is 298 g/mol. The van der Waals surface area contributed by atoms with Gasteiger partial charge in [-0.15, -0.1) is 0 Å². The molecule has 0 fully saturated rings. The summed E-state index contributed by atoms with van der Waals surface area (Å²) >= 11 is 0. The first kappa shape index (κ1) is 16.5. The fraction of sp³-hybridized carbons (Fsp3) is 0.421. The molecule has 2 aromatic rings. The van der Waals surface area contributed by atoms with Crippen molar-refractivity contribution in [3.63, 3.8) is 0 Å². The molecule has 3 nitrogen and oxygen atoms in total. The second-order valence-corrected chi connectivity index (χ2v) is 6.40. The van der Waals surface area contributed by atoms with E-state index < -0.39 is 0 Å². The third-order valence-electron chi connectivity index (χ3n) is 3.83. The first-order valence-corrected chi connectivity index (χ1v) is 7.89. The standard InChI is InChI=1S/C19H26N2O/c1-13(2)12-21-18(9-7-16(11-20-5)19(21)22)17-8-6-14(3)10-15(17)4/h6-10,13,20H,11-12H2,1-5H3. The molecule has 22 heavy (non-hydrogen) atoms. The van der Waals surface area contributed by atoms with Gasteiger partial charge in [0.1, 0.15) is 0 Å². The number of nitrogens with one attached hydrogen (secondary N) is 1. The Bertz CT molecular complexity index is 714. The van der Waals surface area contributed by atoms with Crippen molar-refractivity contribution in [1.82, 2.24) is 9.88 Å².